The van der Waals surface area contributed by atoms with Gasteiger partial charge in [-0.05, 0) is 55.9 Å². The number of aliphatic hydroxyl groups is 1. The molecule has 3 aromatic rings. The highest BCUT2D eigenvalue weighted by Crippen LogP contribution is 2.50. The number of amides is 1. The minimum Gasteiger partial charge on any atom is -0.508 e. The summed E-state index contributed by atoms with van der Waals surface area (Å²) in [6.45, 7) is 2.55. The van der Waals surface area contributed by atoms with E-state index in [1.165, 1.54) is 31.0 Å². The number of aliphatic hydroxyl groups excluding tert-OH is 1. The fourth-order valence-corrected chi connectivity index (χ4v) is 6.04. The van der Waals surface area contributed by atoms with E-state index in [-0.39, 0.29) is 23.9 Å². The van der Waals surface area contributed by atoms with Crippen molar-refractivity contribution in [3.8, 4) is 5.75 Å². The summed E-state index contributed by atoms with van der Waals surface area (Å²) in [5.41, 5.74) is 1.70. The molecular weight excluding hydrogens is 524 g/mol. The summed E-state index contributed by atoms with van der Waals surface area (Å²) < 4.78 is 27.5. The van der Waals surface area contributed by atoms with Crippen molar-refractivity contribution in [3.63, 3.8) is 0 Å². The summed E-state index contributed by atoms with van der Waals surface area (Å²) >= 11 is 1.33. The number of nitrogens with zero attached hydrogens (tertiary/aromatic N) is 3. The Hall–Kier alpha value is -2.83. The molecule has 11 heteroatoms. The van der Waals surface area contributed by atoms with Gasteiger partial charge in [-0.15, -0.1) is 11.3 Å². The highest BCUT2D eigenvalue weighted by atomic mass is 32.2. The van der Waals surface area contributed by atoms with Crippen molar-refractivity contribution in [2.45, 2.75) is 50.8 Å². The van der Waals surface area contributed by atoms with Gasteiger partial charge in [0.05, 0.1) is 17.7 Å². The molecule has 0 bridgehead atoms. The van der Waals surface area contributed by atoms with Crippen molar-refractivity contribution in [2.24, 2.45) is 0 Å². The zero-order valence-corrected chi connectivity index (χ0v) is 23.4. The maximum absolute atomic E-state index is 13.9. The zero-order chi connectivity index (χ0) is 27.5. The van der Waals surface area contributed by atoms with Gasteiger partial charge < -0.3 is 15.1 Å². The van der Waals surface area contributed by atoms with Gasteiger partial charge in [0.15, 0.2) is 6.23 Å². The van der Waals surface area contributed by atoms with Crippen LogP contribution in [0.15, 0.2) is 54.6 Å². The van der Waals surface area contributed by atoms with E-state index in [0.717, 1.165) is 35.6 Å². The van der Waals surface area contributed by atoms with Crippen LogP contribution >= 0.6 is 11.3 Å². The normalized spacial score (nSPS) is 15.4. The Morgan fingerprint density at radius 3 is 2.39 bits per heavy atom. The topological polar surface area (TPSA) is 123 Å². The molecule has 0 saturated heterocycles. The minimum atomic E-state index is -3.86. The number of rotatable bonds is 12. The van der Waals surface area contributed by atoms with Gasteiger partial charge in [0.1, 0.15) is 10.8 Å². The molecule has 1 unspecified atom stereocenters. The third-order valence-electron chi connectivity index (χ3n) is 6.81. The van der Waals surface area contributed by atoms with E-state index in [0.29, 0.717) is 16.4 Å². The van der Waals surface area contributed by atoms with Gasteiger partial charge in [-0.25, -0.2) is 4.98 Å². The zero-order valence-electron chi connectivity index (χ0n) is 21.8. The SMILES string of the molecule is Cc1sc(CN(CCCc2ccccc2)C(=O)C2(c3ccc(O)cc3)CC2)nc1C(O)NS(=O)(=O)N(C)C. The number of aromatic hydroxyl groups is 1. The first-order valence-corrected chi connectivity index (χ1v) is 14.7. The standard InChI is InChI=1S/C27H34N4O5S2/c1-19-24(25(33)29-38(35,36)30(2)3)28-23(37-19)18-31(17-7-10-20-8-5-4-6-9-20)26(34)27(15-16-27)21-11-13-22(32)14-12-21/h4-6,8-9,11-14,25,29,32-33H,7,10,15-18H2,1-3H3. The van der Waals surface area contributed by atoms with E-state index in [4.69, 9.17) is 0 Å². The van der Waals surface area contributed by atoms with Crippen LogP contribution in [0.4, 0.5) is 0 Å². The highest BCUT2D eigenvalue weighted by Gasteiger charge is 2.53. The molecule has 0 radical (unpaired) electrons. The number of aryl methyl sites for hydroxylation is 2. The number of benzene rings is 2. The quantitative estimate of drug-likeness (QED) is 0.293. The lowest BCUT2D eigenvalue weighted by Gasteiger charge is -2.27. The smallest absolute Gasteiger partial charge is 0.281 e. The van der Waals surface area contributed by atoms with Crippen LogP contribution in [0.3, 0.4) is 0 Å². The highest BCUT2D eigenvalue weighted by molar-refractivity contribution is 7.87. The van der Waals surface area contributed by atoms with Crippen LogP contribution in [0.25, 0.3) is 0 Å². The van der Waals surface area contributed by atoms with Crippen molar-refractivity contribution >= 4 is 27.5 Å². The third kappa shape index (κ3) is 6.41. The average molecular weight is 559 g/mol. The Morgan fingerprint density at radius 1 is 1.13 bits per heavy atom. The molecule has 2 aromatic carbocycles. The number of carbonyl (C=O) groups is 1. The van der Waals surface area contributed by atoms with Crippen LogP contribution in [-0.2, 0) is 33.4 Å². The fourth-order valence-electron chi connectivity index (χ4n) is 4.46. The first-order chi connectivity index (χ1) is 18.0. The molecule has 1 heterocycles. The Kier molecular flexibility index (Phi) is 8.53. The summed E-state index contributed by atoms with van der Waals surface area (Å²) in [6.07, 6.45) is 1.56. The van der Waals surface area contributed by atoms with Crippen molar-refractivity contribution in [3.05, 3.63) is 81.3 Å². The van der Waals surface area contributed by atoms with Crippen LogP contribution in [0, 0.1) is 6.92 Å². The van der Waals surface area contributed by atoms with E-state index < -0.39 is 21.9 Å². The molecular formula is C27H34N4O5S2. The van der Waals surface area contributed by atoms with E-state index in [2.05, 4.69) is 21.8 Å². The average Bonchev–Trinajstić information content (AvgIpc) is 3.60. The molecule has 0 spiro atoms. The van der Waals surface area contributed by atoms with Crippen LogP contribution < -0.4 is 4.72 Å². The Labute approximate surface area is 227 Å². The first kappa shape index (κ1) is 28.2. The molecule has 38 heavy (non-hydrogen) atoms. The molecule has 0 aliphatic heterocycles. The van der Waals surface area contributed by atoms with E-state index in [9.17, 15) is 23.4 Å². The molecule has 1 aromatic heterocycles. The lowest BCUT2D eigenvalue weighted by Crippen LogP contribution is -2.40. The minimum absolute atomic E-state index is 0.0134. The number of aromatic nitrogens is 1. The van der Waals surface area contributed by atoms with Crippen molar-refractivity contribution < 1.29 is 23.4 Å². The molecule has 4 rings (SSSR count). The number of hydrogen-bond donors (Lipinski definition) is 3. The van der Waals surface area contributed by atoms with E-state index >= 15 is 0 Å². The third-order valence-corrected chi connectivity index (χ3v) is 9.26. The van der Waals surface area contributed by atoms with Gasteiger partial charge >= 0.3 is 0 Å². The second-order valence-electron chi connectivity index (χ2n) is 9.80. The molecule has 1 saturated carbocycles. The molecule has 1 atom stereocenters. The first-order valence-electron chi connectivity index (χ1n) is 12.5. The Bertz CT molecular complexity index is 1350. The summed E-state index contributed by atoms with van der Waals surface area (Å²) in [6, 6.07) is 16.9. The van der Waals surface area contributed by atoms with Gasteiger partial charge in [-0.2, -0.15) is 17.4 Å². The van der Waals surface area contributed by atoms with Crippen LogP contribution in [0.1, 0.15) is 52.2 Å². The summed E-state index contributed by atoms with van der Waals surface area (Å²) in [5.74, 6) is 0.172. The molecule has 1 amide bonds. The number of thiazole rings is 1. The monoisotopic (exact) mass is 558 g/mol. The molecule has 9 nitrogen and oxygen atoms in total. The largest absolute Gasteiger partial charge is 0.508 e. The maximum atomic E-state index is 13.9. The molecule has 3 N–H and O–H groups in total. The Balaban J connectivity index is 1.54. The second kappa shape index (κ2) is 11.5. The summed E-state index contributed by atoms with van der Waals surface area (Å²) in [5, 5.41) is 20.9. The molecule has 1 fully saturated rings. The summed E-state index contributed by atoms with van der Waals surface area (Å²) in [7, 11) is -1.12. The molecule has 204 valence electrons. The maximum Gasteiger partial charge on any atom is 0.281 e. The van der Waals surface area contributed by atoms with Gasteiger partial charge in [0, 0.05) is 25.5 Å². The van der Waals surface area contributed by atoms with Gasteiger partial charge in [-0.1, -0.05) is 42.5 Å². The van der Waals surface area contributed by atoms with Crippen LogP contribution in [0.5, 0.6) is 5.75 Å². The second-order valence-corrected chi connectivity index (χ2v) is 13.0. The number of phenolic OH excluding ortho intramolecular Hbond substituents is 1. The Morgan fingerprint density at radius 2 is 1.79 bits per heavy atom. The van der Waals surface area contributed by atoms with Crippen LogP contribution in [0.2, 0.25) is 0 Å². The molecule has 1 aliphatic rings. The number of nitrogens with one attached hydrogen (secondary N) is 1. The van der Waals surface area contributed by atoms with Gasteiger partial charge in [0.25, 0.3) is 10.2 Å². The fraction of sp³-hybridized carbons (Fsp3) is 0.407. The van der Waals surface area contributed by atoms with Crippen molar-refractivity contribution in [1.82, 2.24) is 18.9 Å². The van der Waals surface area contributed by atoms with Crippen molar-refractivity contribution in [2.75, 3.05) is 20.6 Å². The van der Waals surface area contributed by atoms with Gasteiger partial charge in [0.2, 0.25) is 5.91 Å². The number of carbonyl (C=O) groups excluding carboxylic acids is 1. The predicted octanol–water partition coefficient (Wildman–Crippen LogP) is 3.24. The predicted molar refractivity (Wildman–Crippen MR) is 147 cm³/mol. The van der Waals surface area contributed by atoms with Crippen LogP contribution in [-0.4, -0.2) is 59.4 Å². The van der Waals surface area contributed by atoms with Gasteiger partial charge in [-0.3, -0.25) is 4.79 Å². The number of hydrogen-bond acceptors (Lipinski definition) is 7. The summed E-state index contributed by atoms with van der Waals surface area (Å²) in [4.78, 5) is 21.0. The number of phenols is 1. The lowest BCUT2D eigenvalue weighted by molar-refractivity contribution is -0.134. The molecule has 1 aliphatic carbocycles. The van der Waals surface area contributed by atoms with Crippen molar-refractivity contribution in [1.29, 1.82) is 0 Å². The lowest BCUT2D eigenvalue weighted by atomic mass is 9.94. The van der Waals surface area contributed by atoms with E-state index in [1.807, 2.05) is 23.1 Å². The van der Waals surface area contributed by atoms with E-state index in [1.54, 1.807) is 31.2 Å².